The quantitative estimate of drug-likeness (QED) is 0.612. The van der Waals surface area contributed by atoms with Gasteiger partial charge in [0.15, 0.2) is 11.5 Å². The minimum absolute atomic E-state index is 0.0546. The van der Waals surface area contributed by atoms with Crippen LogP contribution in [0, 0.1) is 0 Å². The van der Waals surface area contributed by atoms with E-state index in [0.717, 1.165) is 16.0 Å². The molecule has 0 radical (unpaired) electrons. The summed E-state index contributed by atoms with van der Waals surface area (Å²) in [7, 11) is 3.11. The van der Waals surface area contributed by atoms with Crippen LogP contribution < -0.4 is 14.8 Å². The van der Waals surface area contributed by atoms with Gasteiger partial charge in [-0.25, -0.2) is 0 Å². The number of rotatable bonds is 5. The number of nitrogens with zero attached hydrogens (tertiary/aromatic N) is 1. The maximum atomic E-state index is 13.5. The van der Waals surface area contributed by atoms with E-state index in [1.165, 1.54) is 11.3 Å². The largest absolute Gasteiger partial charge is 0.493 e. The molecule has 1 unspecified atom stereocenters. The van der Waals surface area contributed by atoms with Crippen molar-refractivity contribution in [2.75, 3.05) is 26.1 Å². The van der Waals surface area contributed by atoms with Gasteiger partial charge in [0.1, 0.15) is 6.54 Å². The van der Waals surface area contributed by atoms with Crippen LogP contribution in [0.5, 0.6) is 11.5 Å². The molecular weight excluding hydrogens is 436 g/mol. The predicted octanol–water partition coefficient (Wildman–Crippen LogP) is 4.53. The predicted molar refractivity (Wildman–Crippen MR) is 121 cm³/mol. The number of ether oxygens (including phenoxy) is 2. The first-order chi connectivity index (χ1) is 15.0. The number of amides is 2. The van der Waals surface area contributed by atoms with Crippen molar-refractivity contribution in [1.29, 1.82) is 0 Å². The molecule has 2 aromatic carbocycles. The lowest BCUT2D eigenvalue weighted by molar-refractivity contribution is -0.135. The zero-order chi connectivity index (χ0) is 22.0. The first-order valence-electron chi connectivity index (χ1n) is 9.63. The summed E-state index contributed by atoms with van der Waals surface area (Å²) in [5.41, 5.74) is 2.22. The Morgan fingerprint density at radius 1 is 1.16 bits per heavy atom. The fraction of sp³-hybridized carbons (Fsp3) is 0.217. The van der Waals surface area contributed by atoms with E-state index in [-0.39, 0.29) is 24.8 Å². The van der Waals surface area contributed by atoms with Gasteiger partial charge in [-0.2, -0.15) is 0 Å². The second-order valence-corrected chi connectivity index (χ2v) is 8.50. The molecule has 0 spiro atoms. The lowest BCUT2D eigenvalue weighted by Gasteiger charge is -2.29. The van der Waals surface area contributed by atoms with Crippen LogP contribution in [-0.2, 0) is 16.0 Å². The summed E-state index contributed by atoms with van der Waals surface area (Å²) >= 11 is 7.81. The van der Waals surface area contributed by atoms with E-state index in [0.29, 0.717) is 22.2 Å². The van der Waals surface area contributed by atoms with E-state index in [9.17, 15) is 9.59 Å². The van der Waals surface area contributed by atoms with Gasteiger partial charge < -0.3 is 19.7 Å². The fourth-order valence-corrected chi connectivity index (χ4v) is 4.76. The van der Waals surface area contributed by atoms with Crippen molar-refractivity contribution in [2.24, 2.45) is 0 Å². The second kappa shape index (κ2) is 8.99. The summed E-state index contributed by atoms with van der Waals surface area (Å²) in [6.07, 6.45) is 0.116. The van der Waals surface area contributed by atoms with Gasteiger partial charge in [-0.3, -0.25) is 9.59 Å². The molecule has 2 amide bonds. The molecule has 0 saturated carbocycles. The van der Waals surface area contributed by atoms with Gasteiger partial charge >= 0.3 is 0 Å². The Bertz CT molecular complexity index is 1120. The van der Waals surface area contributed by atoms with Crippen LogP contribution in [0.15, 0.2) is 53.9 Å². The zero-order valence-electron chi connectivity index (χ0n) is 17.1. The summed E-state index contributed by atoms with van der Waals surface area (Å²) in [6.45, 7) is -0.0546. The third-order valence-corrected chi connectivity index (χ3v) is 6.30. The molecule has 1 aliphatic heterocycles. The Labute approximate surface area is 189 Å². The van der Waals surface area contributed by atoms with Crippen LogP contribution in [0.2, 0.25) is 5.02 Å². The molecule has 4 rings (SSSR count). The highest BCUT2D eigenvalue weighted by molar-refractivity contribution is 7.10. The molecule has 31 heavy (non-hydrogen) atoms. The van der Waals surface area contributed by atoms with E-state index in [1.54, 1.807) is 43.4 Å². The standard InChI is InChI=1S/C23H21ClN2O4S/c1-29-18-8-5-14(10-19(18)30-2)11-22(28)26-13-21(27)25-17-7-6-15(24)12-16(17)23(26)20-4-3-9-31-20/h3-10,12,23H,11,13H2,1-2H3,(H,25,27). The lowest BCUT2D eigenvalue weighted by atomic mass is 10.0. The number of halogens is 1. The minimum atomic E-state index is -0.416. The smallest absolute Gasteiger partial charge is 0.244 e. The highest BCUT2D eigenvalue weighted by atomic mass is 35.5. The summed E-state index contributed by atoms with van der Waals surface area (Å²) in [5, 5.41) is 5.40. The Balaban J connectivity index is 1.73. The number of benzene rings is 2. The van der Waals surface area contributed by atoms with Gasteiger partial charge in [-0.05, 0) is 47.3 Å². The molecule has 2 heterocycles. The van der Waals surface area contributed by atoms with Crippen molar-refractivity contribution < 1.29 is 19.1 Å². The van der Waals surface area contributed by atoms with Gasteiger partial charge in [0.25, 0.3) is 0 Å². The van der Waals surface area contributed by atoms with Gasteiger partial charge in [-0.15, -0.1) is 11.3 Å². The number of hydrogen-bond donors (Lipinski definition) is 1. The number of hydrogen-bond acceptors (Lipinski definition) is 5. The van der Waals surface area contributed by atoms with Crippen LogP contribution in [0.25, 0.3) is 0 Å². The molecule has 1 N–H and O–H groups in total. The molecule has 1 aliphatic rings. The van der Waals surface area contributed by atoms with Gasteiger partial charge in [0.05, 0.1) is 26.7 Å². The fourth-order valence-electron chi connectivity index (χ4n) is 3.73. The molecular formula is C23H21ClN2O4S. The summed E-state index contributed by atoms with van der Waals surface area (Å²) in [4.78, 5) is 28.7. The maximum absolute atomic E-state index is 13.5. The highest BCUT2D eigenvalue weighted by Crippen LogP contribution is 2.39. The van der Waals surface area contributed by atoms with Crippen molar-refractivity contribution >= 4 is 40.4 Å². The number of carbonyl (C=O) groups excluding carboxylic acids is 2. The van der Waals surface area contributed by atoms with E-state index in [2.05, 4.69) is 5.32 Å². The Kier molecular flexibility index (Phi) is 6.15. The molecule has 0 aliphatic carbocycles. The summed E-state index contributed by atoms with van der Waals surface area (Å²) in [5.74, 6) is 0.720. The molecule has 6 nitrogen and oxygen atoms in total. The lowest BCUT2D eigenvalue weighted by Crippen LogP contribution is -2.39. The van der Waals surface area contributed by atoms with Crippen LogP contribution >= 0.6 is 22.9 Å². The third kappa shape index (κ3) is 4.38. The van der Waals surface area contributed by atoms with Crippen LogP contribution in [0.1, 0.15) is 22.0 Å². The number of methoxy groups -OCH3 is 2. The van der Waals surface area contributed by atoms with Gasteiger partial charge in [0, 0.05) is 21.2 Å². The average Bonchev–Trinajstić information content (AvgIpc) is 3.24. The van der Waals surface area contributed by atoms with E-state index < -0.39 is 6.04 Å². The molecule has 160 valence electrons. The van der Waals surface area contributed by atoms with Crippen molar-refractivity contribution in [2.45, 2.75) is 12.5 Å². The van der Waals surface area contributed by atoms with Crippen LogP contribution in [0.4, 0.5) is 5.69 Å². The van der Waals surface area contributed by atoms with Crippen molar-refractivity contribution in [3.63, 3.8) is 0 Å². The molecule has 8 heteroatoms. The van der Waals surface area contributed by atoms with Crippen molar-refractivity contribution in [1.82, 2.24) is 4.90 Å². The number of carbonyl (C=O) groups is 2. The average molecular weight is 457 g/mol. The first-order valence-corrected chi connectivity index (χ1v) is 10.9. The second-order valence-electron chi connectivity index (χ2n) is 7.09. The van der Waals surface area contributed by atoms with E-state index in [4.69, 9.17) is 21.1 Å². The van der Waals surface area contributed by atoms with E-state index in [1.807, 2.05) is 29.6 Å². The molecule has 1 aromatic heterocycles. The Hall–Kier alpha value is -3.03. The third-order valence-electron chi connectivity index (χ3n) is 5.14. The van der Waals surface area contributed by atoms with Crippen molar-refractivity contribution in [3.05, 3.63) is 74.9 Å². The van der Waals surface area contributed by atoms with Crippen molar-refractivity contribution in [3.8, 4) is 11.5 Å². The minimum Gasteiger partial charge on any atom is -0.493 e. The topological polar surface area (TPSA) is 67.9 Å². The molecule has 3 aromatic rings. The summed E-state index contributed by atoms with van der Waals surface area (Å²) in [6, 6.07) is 14.2. The van der Waals surface area contributed by atoms with Crippen LogP contribution in [0.3, 0.4) is 0 Å². The monoisotopic (exact) mass is 456 g/mol. The number of anilines is 1. The van der Waals surface area contributed by atoms with E-state index >= 15 is 0 Å². The molecule has 0 fully saturated rings. The number of thiophene rings is 1. The van der Waals surface area contributed by atoms with Crippen LogP contribution in [-0.4, -0.2) is 37.5 Å². The SMILES string of the molecule is COc1ccc(CC(=O)N2CC(=O)Nc3ccc(Cl)cc3C2c2cccs2)cc1OC. The van der Waals surface area contributed by atoms with Gasteiger partial charge in [0.2, 0.25) is 11.8 Å². The number of fused-ring (bicyclic) bond motifs is 1. The number of nitrogens with one attached hydrogen (secondary N) is 1. The molecule has 1 atom stereocenters. The maximum Gasteiger partial charge on any atom is 0.244 e. The first kappa shape index (κ1) is 21.2. The normalized spacial score (nSPS) is 15.6. The summed E-state index contributed by atoms with van der Waals surface area (Å²) < 4.78 is 10.6. The van der Waals surface area contributed by atoms with Gasteiger partial charge in [-0.1, -0.05) is 23.7 Å². The Morgan fingerprint density at radius 3 is 2.68 bits per heavy atom. The molecule has 0 bridgehead atoms. The molecule has 0 saturated heterocycles. The Morgan fingerprint density at radius 2 is 1.97 bits per heavy atom. The highest BCUT2D eigenvalue weighted by Gasteiger charge is 2.34. The zero-order valence-corrected chi connectivity index (χ0v) is 18.6.